The van der Waals surface area contributed by atoms with E-state index >= 15 is 0 Å². The third kappa shape index (κ3) is 5.62. The predicted octanol–water partition coefficient (Wildman–Crippen LogP) is 3.05. The average molecular weight is 355 g/mol. The van der Waals surface area contributed by atoms with E-state index < -0.39 is 11.9 Å². The summed E-state index contributed by atoms with van der Waals surface area (Å²) < 4.78 is 5.52. The molecule has 5 heteroatoms. The van der Waals surface area contributed by atoms with Gasteiger partial charge >= 0.3 is 5.97 Å². The molecule has 2 rings (SSSR count). The van der Waals surface area contributed by atoms with Crippen LogP contribution < -0.4 is 10.1 Å². The van der Waals surface area contributed by atoms with Gasteiger partial charge in [-0.1, -0.05) is 42.0 Å². The number of carboxylic acid groups (broad SMARTS) is 1. The van der Waals surface area contributed by atoms with Gasteiger partial charge in [0.1, 0.15) is 5.75 Å². The molecule has 2 aromatic rings. The summed E-state index contributed by atoms with van der Waals surface area (Å²) in [6.07, 6.45) is 0.375. The van der Waals surface area contributed by atoms with Crippen molar-refractivity contribution in [2.75, 3.05) is 13.2 Å². The van der Waals surface area contributed by atoms with E-state index in [0.717, 1.165) is 22.3 Å². The first-order valence-electron chi connectivity index (χ1n) is 8.61. The summed E-state index contributed by atoms with van der Waals surface area (Å²) in [5.41, 5.74) is 4.10. The van der Waals surface area contributed by atoms with Gasteiger partial charge in [-0.25, -0.2) is 0 Å². The highest BCUT2D eigenvalue weighted by atomic mass is 16.5. The molecule has 2 N–H and O–H groups in total. The SMILES string of the molecule is Cc1ccc(OCC(=O)NCC(Cc2ccccc2C)C(=O)O)c(C)c1. The topological polar surface area (TPSA) is 75.6 Å². The number of hydrogen-bond acceptors (Lipinski definition) is 3. The molecule has 0 fully saturated rings. The monoisotopic (exact) mass is 355 g/mol. The number of carbonyl (C=O) groups is 2. The lowest BCUT2D eigenvalue weighted by atomic mass is 9.96. The normalized spacial score (nSPS) is 11.7. The number of nitrogens with one attached hydrogen (secondary N) is 1. The minimum absolute atomic E-state index is 0.0682. The second-order valence-corrected chi connectivity index (χ2v) is 6.53. The van der Waals surface area contributed by atoms with Gasteiger partial charge in [0.05, 0.1) is 5.92 Å². The van der Waals surface area contributed by atoms with Crippen LogP contribution in [0.1, 0.15) is 22.3 Å². The molecule has 0 spiro atoms. The maximum atomic E-state index is 12.0. The van der Waals surface area contributed by atoms with Gasteiger partial charge in [0.15, 0.2) is 6.61 Å². The minimum atomic E-state index is -0.927. The number of aryl methyl sites for hydroxylation is 3. The number of benzene rings is 2. The van der Waals surface area contributed by atoms with Gasteiger partial charge in [0, 0.05) is 6.54 Å². The van der Waals surface area contributed by atoms with Gasteiger partial charge in [-0.3, -0.25) is 9.59 Å². The zero-order valence-electron chi connectivity index (χ0n) is 15.4. The van der Waals surface area contributed by atoms with E-state index in [1.807, 2.05) is 63.2 Å². The van der Waals surface area contributed by atoms with E-state index in [4.69, 9.17) is 4.74 Å². The van der Waals surface area contributed by atoms with Crippen LogP contribution in [0.3, 0.4) is 0 Å². The van der Waals surface area contributed by atoms with Gasteiger partial charge in [-0.2, -0.15) is 0 Å². The number of aliphatic carboxylic acids is 1. The first-order chi connectivity index (χ1) is 12.4. The van der Waals surface area contributed by atoms with Crippen molar-refractivity contribution in [2.45, 2.75) is 27.2 Å². The summed E-state index contributed by atoms with van der Waals surface area (Å²) in [5.74, 6) is -1.29. The Morgan fingerprint density at radius 1 is 1.08 bits per heavy atom. The number of amides is 1. The van der Waals surface area contributed by atoms with Crippen LogP contribution in [-0.2, 0) is 16.0 Å². The lowest BCUT2D eigenvalue weighted by Gasteiger charge is -2.15. The molecule has 0 radical (unpaired) electrons. The van der Waals surface area contributed by atoms with Crippen molar-refractivity contribution in [1.82, 2.24) is 5.32 Å². The average Bonchev–Trinajstić information content (AvgIpc) is 2.59. The molecule has 138 valence electrons. The Balaban J connectivity index is 1.87. The molecule has 26 heavy (non-hydrogen) atoms. The second-order valence-electron chi connectivity index (χ2n) is 6.53. The highest BCUT2D eigenvalue weighted by Gasteiger charge is 2.20. The Hall–Kier alpha value is -2.82. The molecule has 0 aromatic heterocycles. The van der Waals surface area contributed by atoms with Crippen molar-refractivity contribution in [3.63, 3.8) is 0 Å². The van der Waals surface area contributed by atoms with Crippen LogP contribution in [0.15, 0.2) is 42.5 Å². The zero-order valence-corrected chi connectivity index (χ0v) is 15.4. The Kier molecular flexibility index (Phi) is 6.78. The van der Waals surface area contributed by atoms with E-state index in [1.165, 1.54) is 0 Å². The van der Waals surface area contributed by atoms with Crippen molar-refractivity contribution in [3.05, 3.63) is 64.7 Å². The predicted molar refractivity (Wildman–Crippen MR) is 100 cm³/mol. The molecule has 5 nitrogen and oxygen atoms in total. The largest absolute Gasteiger partial charge is 0.484 e. The number of carbonyl (C=O) groups excluding carboxylic acids is 1. The van der Waals surface area contributed by atoms with Gasteiger partial charge in [-0.15, -0.1) is 0 Å². The molecule has 0 aliphatic heterocycles. The van der Waals surface area contributed by atoms with Crippen LogP contribution in [0.5, 0.6) is 5.75 Å². The van der Waals surface area contributed by atoms with Crippen LogP contribution in [-0.4, -0.2) is 30.1 Å². The number of rotatable bonds is 8. The Morgan fingerprint density at radius 2 is 1.81 bits per heavy atom. The summed E-state index contributed by atoms with van der Waals surface area (Å²) in [6.45, 7) is 5.79. The van der Waals surface area contributed by atoms with E-state index in [2.05, 4.69) is 5.32 Å². The quantitative estimate of drug-likeness (QED) is 0.763. The van der Waals surface area contributed by atoms with Crippen molar-refractivity contribution in [2.24, 2.45) is 5.92 Å². The van der Waals surface area contributed by atoms with Crippen LogP contribution in [0.25, 0.3) is 0 Å². The Bertz CT molecular complexity index is 785. The molecular weight excluding hydrogens is 330 g/mol. The smallest absolute Gasteiger partial charge is 0.308 e. The van der Waals surface area contributed by atoms with Crippen molar-refractivity contribution in [3.8, 4) is 5.75 Å². The fraction of sp³-hybridized carbons (Fsp3) is 0.333. The summed E-state index contributed by atoms with van der Waals surface area (Å²) in [4.78, 5) is 23.5. The van der Waals surface area contributed by atoms with Crippen molar-refractivity contribution >= 4 is 11.9 Å². The molecule has 0 saturated heterocycles. The Labute approximate surface area is 154 Å². The molecule has 0 saturated carbocycles. The van der Waals surface area contributed by atoms with Crippen molar-refractivity contribution < 1.29 is 19.4 Å². The van der Waals surface area contributed by atoms with Gasteiger partial charge in [0.2, 0.25) is 0 Å². The first kappa shape index (κ1) is 19.5. The Morgan fingerprint density at radius 3 is 2.46 bits per heavy atom. The number of carboxylic acids is 1. The van der Waals surface area contributed by atoms with E-state index in [9.17, 15) is 14.7 Å². The number of ether oxygens (including phenoxy) is 1. The minimum Gasteiger partial charge on any atom is -0.484 e. The summed E-state index contributed by atoms with van der Waals surface area (Å²) in [5, 5.41) is 12.1. The van der Waals surface area contributed by atoms with Crippen LogP contribution in [0, 0.1) is 26.7 Å². The van der Waals surface area contributed by atoms with Crippen molar-refractivity contribution in [1.29, 1.82) is 0 Å². The molecular formula is C21H25NO4. The summed E-state index contributed by atoms with van der Waals surface area (Å²) in [7, 11) is 0. The fourth-order valence-electron chi connectivity index (χ4n) is 2.74. The molecule has 1 atom stereocenters. The lowest BCUT2D eigenvalue weighted by molar-refractivity contribution is -0.141. The van der Waals surface area contributed by atoms with Crippen LogP contribution >= 0.6 is 0 Å². The first-order valence-corrected chi connectivity index (χ1v) is 8.61. The zero-order chi connectivity index (χ0) is 19.1. The van der Waals surface area contributed by atoms with E-state index in [-0.39, 0.29) is 19.1 Å². The van der Waals surface area contributed by atoms with Gasteiger partial charge in [0.25, 0.3) is 5.91 Å². The second kappa shape index (κ2) is 9.04. The molecule has 2 aromatic carbocycles. The molecule has 0 aliphatic carbocycles. The third-order valence-corrected chi connectivity index (χ3v) is 4.31. The number of hydrogen-bond donors (Lipinski definition) is 2. The molecule has 1 amide bonds. The third-order valence-electron chi connectivity index (χ3n) is 4.31. The summed E-state index contributed by atoms with van der Waals surface area (Å²) >= 11 is 0. The highest BCUT2D eigenvalue weighted by molar-refractivity contribution is 5.78. The summed E-state index contributed by atoms with van der Waals surface area (Å²) in [6, 6.07) is 13.4. The van der Waals surface area contributed by atoms with E-state index in [0.29, 0.717) is 12.2 Å². The van der Waals surface area contributed by atoms with Crippen LogP contribution in [0.2, 0.25) is 0 Å². The molecule has 0 heterocycles. The fourth-order valence-corrected chi connectivity index (χ4v) is 2.74. The highest BCUT2D eigenvalue weighted by Crippen LogP contribution is 2.18. The lowest BCUT2D eigenvalue weighted by Crippen LogP contribution is -2.36. The molecule has 0 aliphatic rings. The maximum absolute atomic E-state index is 12.0. The molecule has 0 bridgehead atoms. The molecule has 1 unspecified atom stereocenters. The van der Waals surface area contributed by atoms with Gasteiger partial charge in [-0.05, 0) is 49.9 Å². The van der Waals surface area contributed by atoms with Crippen LogP contribution in [0.4, 0.5) is 0 Å². The van der Waals surface area contributed by atoms with Gasteiger partial charge < -0.3 is 15.2 Å². The van der Waals surface area contributed by atoms with E-state index in [1.54, 1.807) is 0 Å². The maximum Gasteiger partial charge on any atom is 0.308 e. The standard InChI is InChI=1S/C21H25NO4/c1-14-8-9-19(16(3)10-14)26-13-20(23)22-12-18(21(24)25)11-17-7-5-4-6-15(17)2/h4-10,18H,11-13H2,1-3H3,(H,22,23)(H,24,25).